The summed E-state index contributed by atoms with van der Waals surface area (Å²) in [6.07, 6.45) is 2.45. The highest BCUT2D eigenvalue weighted by Gasteiger charge is 2.23. The van der Waals surface area contributed by atoms with Crippen molar-refractivity contribution in [1.29, 1.82) is 0 Å². The van der Waals surface area contributed by atoms with Gasteiger partial charge in [0, 0.05) is 62.9 Å². The second-order valence-electron chi connectivity index (χ2n) is 8.47. The Kier molecular flexibility index (Phi) is 9.03. The molecule has 0 radical (unpaired) electrons. The number of nitrogens with zero attached hydrogens (tertiary/aromatic N) is 4. The number of carbonyl (C=O) groups excluding carboxylic acids is 3. The van der Waals surface area contributed by atoms with Gasteiger partial charge in [-0.2, -0.15) is 0 Å². The molecule has 0 atom stereocenters. The van der Waals surface area contributed by atoms with Gasteiger partial charge in [0.2, 0.25) is 5.91 Å². The van der Waals surface area contributed by atoms with Crippen molar-refractivity contribution in [3.05, 3.63) is 36.0 Å². The molecule has 0 saturated carbocycles. The van der Waals surface area contributed by atoms with E-state index in [-0.39, 0.29) is 12.5 Å². The molecule has 1 N–H and O–H groups in total. The zero-order valence-electron chi connectivity index (χ0n) is 20.2. The largest absolute Gasteiger partial charge is 0.349 e. The van der Waals surface area contributed by atoms with Gasteiger partial charge in [-0.3, -0.25) is 14.4 Å². The number of carbonyl (C=O) groups is 3. The Morgan fingerprint density at radius 1 is 0.970 bits per heavy atom. The van der Waals surface area contributed by atoms with Crippen molar-refractivity contribution < 1.29 is 14.4 Å². The number of likely N-dealkylation sites (N-methyl/N-ethyl adjacent to an activating group) is 2. The second-order valence-corrected chi connectivity index (χ2v) is 8.47. The van der Waals surface area contributed by atoms with Crippen LogP contribution < -0.4 is 5.32 Å². The average Bonchev–Trinajstić information content (AvgIpc) is 3.20. The summed E-state index contributed by atoms with van der Waals surface area (Å²) < 4.78 is 1.77. The van der Waals surface area contributed by atoms with Crippen LogP contribution in [0.2, 0.25) is 0 Å². The van der Waals surface area contributed by atoms with E-state index in [1.807, 2.05) is 38.1 Å². The molecule has 180 valence electrons. The van der Waals surface area contributed by atoms with Gasteiger partial charge in [0.05, 0.1) is 5.56 Å². The number of para-hydroxylation sites is 1. The summed E-state index contributed by atoms with van der Waals surface area (Å²) in [5.41, 5.74) is 1.12. The van der Waals surface area contributed by atoms with Gasteiger partial charge in [-0.15, -0.1) is 0 Å². The highest BCUT2D eigenvalue weighted by Crippen LogP contribution is 2.22. The lowest BCUT2D eigenvalue weighted by Gasteiger charge is -2.33. The van der Waals surface area contributed by atoms with Crippen LogP contribution >= 0.6 is 0 Å². The summed E-state index contributed by atoms with van der Waals surface area (Å²) in [5.74, 6) is -1.16. The van der Waals surface area contributed by atoms with Crippen molar-refractivity contribution in [2.24, 2.45) is 0 Å². The van der Waals surface area contributed by atoms with Gasteiger partial charge >= 0.3 is 0 Å². The molecular formula is C25H37N5O3. The van der Waals surface area contributed by atoms with Crippen LogP contribution in [0.5, 0.6) is 0 Å². The van der Waals surface area contributed by atoms with Crippen LogP contribution in [0.25, 0.3) is 10.9 Å². The molecule has 1 aromatic heterocycles. The first-order chi connectivity index (χ1) is 16.0. The van der Waals surface area contributed by atoms with Gasteiger partial charge in [0.25, 0.3) is 11.7 Å². The zero-order valence-corrected chi connectivity index (χ0v) is 20.2. The fourth-order valence-electron chi connectivity index (χ4n) is 4.42. The molecule has 2 aromatic rings. The van der Waals surface area contributed by atoms with Gasteiger partial charge in [-0.25, -0.2) is 0 Å². The maximum Gasteiger partial charge on any atom is 0.292 e. The number of hydrogen-bond acceptors (Lipinski definition) is 5. The molecule has 2 heterocycles. The Morgan fingerprint density at radius 3 is 2.30 bits per heavy atom. The minimum Gasteiger partial charge on any atom is -0.349 e. The Bertz CT molecular complexity index is 958. The van der Waals surface area contributed by atoms with Crippen LogP contribution in [0.1, 0.15) is 37.6 Å². The lowest BCUT2D eigenvalue weighted by atomic mass is 10.1. The summed E-state index contributed by atoms with van der Waals surface area (Å²) in [7, 11) is 0. The fourth-order valence-corrected chi connectivity index (χ4v) is 4.42. The van der Waals surface area contributed by atoms with E-state index in [0.717, 1.165) is 51.2 Å². The normalized spacial score (nSPS) is 15.0. The molecule has 8 nitrogen and oxygen atoms in total. The SMILES string of the molecule is CCN1CCN(CCCNC(=O)C(=O)c2cn(CC(=O)N(CC)CC)c3ccccc23)CC1. The summed E-state index contributed by atoms with van der Waals surface area (Å²) in [6, 6.07) is 7.41. The molecule has 8 heteroatoms. The van der Waals surface area contributed by atoms with Crippen LogP contribution in [0.3, 0.4) is 0 Å². The lowest BCUT2D eigenvalue weighted by molar-refractivity contribution is -0.131. The van der Waals surface area contributed by atoms with Crippen LogP contribution in [-0.4, -0.2) is 95.8 Å². The molecule has 0 aliphatic carbocycles. The molecule has 33 heavy (non-hydrogen) atoms. The first-order valence-corrected chi connectivity index (χ1v) is 12.1. The third-order valence-electron chi connectivity index (χ3n) is 6.51. The molecule has 0 spiro atoms. The van der Waals surface area contributed by atoms with Gasteiger partial charge < -0.3 is 24.6 Å². The highest BCUT2D eigenvalue weighted by molar-refractivity contribution is 6.45. The summed E-state index contributed by atoms with van der Waals surface area (Å²) >= 11 is 0. The molecule has 2 amide bonds. The summed E-state index contributed by atoms with van der Waals surface area (Å²) in [5, 5.41) is 3.48. The topological polar surface area (TPSA) is 77.9 Å². The molecular weight excluding hydrogens is 418 g/mol. The summed E-state index contributed by atoms with van der Waals surface area (Å²) in [4.78, 5) is 44.7. The zero-order chi connectivity index (χ0) is 23.8. The maximum atomic E-state index is 12.9. The predicted molar refractivity (Wildman–Crippen MR) is 130 cm³/mol. The molecule has 1 fully saturated rings. The molecule has 0 bridgehead atoms. The second kappa shape index (κ2) is 12.0. The predicted octanol–water partition coefficient (Wildman–Crippen LogP) is 1.84. The van der Waals surface area contributed by atoms with Crippen molar-refractivity contribution in [3.8, 4) is 0 Å². The van der Waals surface area contributed by atoms with E-state index in [4.69, 9.17) is 0 Å². The van der Waals surface area contributed by atoms with Crippen LogP contribution in [0.4, 0.5) is 0 Å². The number of ketones is 1. The number of hydrogen-bond donors (Lipinski definition) is 1. The Hall–Kier alpha value is -2.71. The van der Waals surface area contributed by atoms with Gasteiger partial charge in [0.15, 0.2) is 0 Å². The minimum absolute atomic E-state index is 0.0102. The highest BCUT2D eigenvalue weighted by atomic mass is 16.2. The van der Waals surface area contributed by atoms with E-state index >= 15 is 0 Å². The van der Waals surface area contributed by atoms with Gasteiger partial charge in [-0.1, -0.05) is 25.1 Å². The van der Waals surface area contributed by atoms with Gasteiger partial charge in [0.1, 0.15) is 6.54 Å². The number of amides is 2. The molecule has 1 aliphatic heterocycles. The molecule has 1 aromatic carbocycles. The van der Waals surface area contributed by atoms with Crippen molar-refractivity contribution in [1.82, 2.24) is 24.6 Å². The van der Waals surface area contributed by atoms with Crippen LogP contribution in [0.15, 0.2) is 30.5 Å². The number of rotatable bonds is 11. The standard InChI is InChI=1S/C25H37N5O3/c1-4-27-14-16-28(17-15-27)13-9-12-26-25(33)24(32)21-18-30(19-23(31)29(5-2)6-3)22-11-8-7-10-20(21)22/h7-8,10-11,18H,4-6,9,12-17,19H2,1-3H3,(H,26,33). The first kappa shape index (κ1) is 24.9. The number of piperazine rings is 1. The Labute approximate surface area is 196 Å². The van der Waals surface area contributed by atoms with Crippen molar-refractivity contribution in [2.75, 3.05) is 58.9 Å². The van der Waals surface area contributed by atoms with E-state index in [9.17, 15) is 14.4 Å². The number of fused-ring (bicyclic) bond motifs is 1. The third-order valence-corrected chi connectivity index (χ3v) is 6.51. The van der Waals surface area contributed by atoms with E-state index in [2.05, 4.69) is 22.0 Å². The van der Waals surface area contributed by atoms with Crippen molar-refractivity contribution >= 4 is 28.5 Å². The van der Waals surface area contributed by atoms with Crippen molar-refractivity contribution in [2.45, 2.75) is 33.7 Å². The summed E-state index contributed by atoms with van der Waals surface area (Å²) in [6.45, 7) is 14.2. The Balaban J connectivity index is 1.58. The smallest absolute Gasteiger partial charge is 0.292 e. The Morgan fingerprint density at radius 2 is 1.64 bits per heavy atom. The van der Waals surface area contributed by atoms with Gasteiger partial charge in [-0.05, 0) is 39.4 Å². The number of benzene rings is 1. The molecule has 1 saturated heterocycles. The van der Waals surface area contributed by atoms with Crippen LogP contribution in [-0.2, 0) is 16.1 Å². The van der Waals surface area contributed by atoms with E-state index in [0.29, 0.717) is 30.6 Å². The van der Waals surface area contributed by atoms with E-state index in [1.165, 1.54) is 0 Å². The lowest BCUT2D eigenvalue weighted by Crippen LogP contribution is -2.46. The molecule has 3 rings (SSSR count). The molecule has 0 unspecified atom stereocenters. The third kappa shape index (κ3) is 6.21. The van der Waals surface area contributed by atoms with Crippen LogP contribution in [0, 0.1) is 0 Å². The minimum atomic E-state index is -0.594. The quantitative estimate of drug-likeness (QED) is 0.318. The van der Waals surface area contributed by atoms with E-state index < -0.39 is 11.7 Å². The van der Waals surface area contributed by atoms with Crippen molar-refractivity contribution in [3.63, 3.8) is 0 Å². The average molecular weight is 456 g/mol. The fraction of sp³-hybridized carbons (Fsp3) is 0.560. The molecule has 1 aliphatic rings. The number of nitrogens with one attached hydrogen (secondary N) is 1. The monoisotopic (exact) mass is 455 g/mol. The number of aromatic nitrogens is 1. The first-order valence-electron chi connectivity index (χ1n) is 12.1. The maximum absolute atomic E-state index is 12.9. The number of Topliss-reactive ketones (excluding diaryl/α,β-unsaturated/α-hetero) is 1. The van der Waals surface area contributed by atoms with E-state index in [1.54, 1.807) is 15.7 Å².